The molecule has 1 fully saturated rings. The highest BCUT2D eigenvalue weighted by molar-refractivity contribution is 9.10. The monoisotopic (exact) mass is 321 g/mol. The molecule has 0 saturated heterocycles. The van der Waals surface area contributed by atoms with E-state index < -0.39 is 12.6 Å². The average molecular weight is 322 g/mol. The molecule has 5 heteroatoms. The van der Waals surface area contributed by atoms with Crippen LogP contribution >= 0.6 is 15.9 Å². The summed E-state index contributed by atoms with van der Waals surface area (Å²) in [6.07, 6.45) is -2.94. The van der Waals surface area contributed by atoms with Crippen LogP contribution in [0.4, 0.5) is 13.2 Å². The maximum absolute atomic E-state index is 12.0. The summed E-state index contributed by atoms with van der Waals surface area (Å²) in [4.78, 5) is 0. The van der Waals surface area contributed by atoms with Gasteiger partial charge in [-0.3, -0.25) is 0 Å². The predicted octanol–water partition coefficient (Wildman–Crippen LogP) is 4.24. The van der Waals surface area contributed by atoms with Crippen LogP contribution in [-0.2, 0) is 0 Å². The SMILES string of the molecule is FC(F)(F)CCNC1CC(c2ccc(Br)cc2)C1. The molecule has 0 spiro atoms. The average Bonchev–Trinajstić information content (AvgIpc) is 2.22. The van der Waals surface area contributed by atoms with Crippen molar-refractivity contribution >= 4 is 15.9 Å². The summed E-state index contributed by atoms with van der Waals surface area (Å²) in [7, 11) is 0. The zero-order valence-corrected chi connectivity index (χ0v) is 11.4. The Balaban J connectivity index is 1.69. The van der Waals surface area contributed by atoms with Crippen molar-refractivity contribution in [3.05, 3.63) is 34.3 Å². The van der Waals surface area contributed by atoms with Gasteiger partial charge in [-0.25, -0.2) is 0 Å². The zero-order chi connectivity index (χ0) is 13.2. The third kappa shape index (κ3) is 3.99. The first kappa shape index (κ1) is 13.9. The molecular weight excluding hydrogens is 307 g/mol. The van der Waals surface area contributed by atoms with Crippen molar-refractivity contribution in [3.63, 3.8) is 0 Å². The van der Waals surface area contributed by atoms with Crippen LogP contribution in [0.2, 0.25) is 0 Å². The Labute approximate surface area is 113 Å². The van der Waals surface area contributed by atoms with E-state index in [9.17, 15) is 13.2 Å². The molecule has 18 heavy (non-hydrogen) atoms. The third-order valence-electron chi connectivity index (χ3n) is 3.32. The molecule has 1 saturated carbocycles. The molecule has 0 unspecified atom stereocenters. The van der Waals surface area contributed by atoms with E-state index >= 15 is 0 Å². The lowest BCUT2D eigenvalue weighted by molar-refractivity contribution is -0.133. The quantitative estimate of drug-likeness (QED) is 0.874. The van der Waals surface area contributed by atoms with Crippen LogP contribution in [0.25, 0.3) is 0 Å². The lowest BCUT2D eigenvalue weighted by atomic mass is 9.76. The molecule has 100 valence electrons. The fourth-order valence-corrected chi connectivity index (χ4v) is 2.47. The molecule has 0 heterocycles. The van der Waals surface area contributed by atoms with E-state index in [0.29, 0.717) is 5.92 Å². The van der Waals surface area contributed by atoms with Gasteiger partial charge in [-0.15, -0.1) is 0 Å². The molecule has 0 aromatic heterocycles. The first-order valence-electron chi connectivity index (χ1n) is 5.99. The summed E-state index contributed by atoms with van der Waals surface area (Å²) in [5, 5.41) is 2.96. The van der Waals surface area contributed by atoms with Crippen LogP contribution in [0, 0.1) is 0 Å². The van der Waals surface area contributed by atoms with Gasteiger partial charge >= 0.3 is 6.18 Å². The Hall–Kier alpha value is -0.550. The Kier molecular flexibility index (Phi) is 4.33. The van der Waals surface area contributed by atoms with Crippen molar-refractivity contribution in [1.29, 1.82) is 0 Å². The molecule has 0 aliphatic heterocycles. The molecule has 1 nitrogen and oxygen atoms in total. The van der Waals surface area contributed by atoms with Gasteiger partial charge in [-0.1, -0.05) is 28.1 Å². The Morgan fingerprint density at radius 3 is 2.33 bits per heavy atom. The lowest BCUT2D eigenvalue weighted by Crippen LogP contribution is -2.41. The molecular formula is C13H15BrF3N. The largest absolute Gasteiger partial charge is 0.390 e. The summed E-state index contributed by atoms with van der Waals surface area (Å²) < 4.78 is 36.9. The fraction of sp³-hybridized carbons (Fsp3) is 0.538. The first-order valence-corrected chi connectivity index (χ1v) is 6.79. The molecule has 1 aromatic rings. The minimum atomic E-state index is -4.05. The van der Waals surface area contributed by atoms with Crippen LogP contribution in [0.3, 0.4) is 0 Å². The minimum absolute atomic E-state index is 0.0290. The first-order chi connectivity index (χ1) is 8.44. The summed E-state index contributed by atoms with van der Waals surface area (Å²) in [5.74, 6) is 0.487. The van der Waals surface area contributed by atoms with E-state index in [0.717, 1.165) is 17.3 Å². The van der Waals surface area contributed by atoms with Crippen LogP contribution in [0.1, 0.15) is 30.7 Å². The van der Waals surface area contributed by atoms with Crippen LogP contribution in [0.5, 0.6) is 0 Å². The van der Waals surface area contributed by atoms with E-state index in [1.54, 1.807) is 0 Å². The summed E-state index contributed by atoms with van der Waals surface area (Å²) in [6.45, 7) is 0.0290. The fourth-order valence-electron chi connectivity index (χ4n) is 2.21. The second-order valence-corrected chi connectivity index (χ2v) is 5.65. The van der Waals surface area contributed by atoms with Crippen molar-refractivity contribution in [3.8, 4) is 0 Å². The summed E-state index contributed by atoms with van der Waals surface area (Å²) in [6, 6.07) is 8.38. The highest BCUT2D eigenvalue weighted by Crippen LogP contribution is 2.37. The van der Waals surface area contributed by atoms with Gasteiger partial charge in [0, 0.05) is 17.1 Å². The molecule has 1 aliphatic rings. The molecule has 2 rings (SSSR count). The lowest BCUT2D eigenvalue weighted by Gasteiger charge is -2.36. The molecule has 1 N–H and O–H groups in total. The molecule has 0 bridgehead atoms. The van der Waals surface area contributed by atoms with E-state index in [-0.39, 0.29) is 12.6 Å². The van der Waals surface area contributed by atoms with E-state index in [1.807, 2.05) is 12.1 Å². The predicted molar refractivity (Wildman–Crippen MR) is 68.6 cm³/mol. The van der Waals surface area contributed by atoms with Gasteiger partial charge in [-0.2, -0.15) is 13.2 Å². The summed E-state index contributed by atoms with van der Waals surface area (Å²) in [5.41, 5.74) is 1.27. The maximum atomic E-state index is 12.0. The van der Waals surface area contributed by atoms with E-state index in [2.05, 4.69) is 33.4 Å². The van der Waals surface area contributed by atoms with Crippen molar-refractivity contribution in [1.82, 2.24) is 5.32 Å². The standard InChI is InChI=1S/C13H15BrF3N/c14-11-3-1-9(2-4-11)10-7-12(8-10)18-6-5-13(15,16)17/h1-4,10,12,18H,5-8H2. The van der Waals surface area contributed by atoms with Crippen molar-refractivity contribution in [2.45, 2.75) is 37.4 Å². The highest BCUT2D eigenvalue weighted by atomic mass is 79.9. The molecule has 0 radical (unpaired) electrons. The number of alkyl halides is 3. The number of benzene rings is 1. The van der Waals surface area contributed by atoms with Gasteiger partial charge in [0.1, 0.15) is 0 Å². The van der Waals surface area contributed by atoms with Crippen LogP contribution < -0.4 is 5.32 Å². The molecule has 1 aliphatic carbocycles. The van der Waals surface area contributed by atoms with Crippen molar-refractivity contribution < 1.29 is 13.2 Å². The van der Waals surface area contributed by atoms with Crippen molar-refractivity contribution in [2.75, 3.05) is 6.54 Å². The second kappa shape index (κ2) is 5.61. The normalized spacial score (nSPS) is 23.8. The smallest absolute Gasteiger partial charge is 0.314 e. The Morgan fingerprint density at radius 1 is 1.17 bits per heavy atom. The number of hydrogen-bond donors (Lipinski definition) is 1. The summed E-state index contributed by atoms with van der Waals surface area (Å²) >= 11 is 3.38. The van der Waals surface area contributed by atoms with Gasteiger partial charge < -0.3 is 5.32 Å². The van der Waals surface area contributed by atoms with Crippen molar-refractivity contribution in [2.24, 2.45) is 0 Å². The number of halogens is 4. The van der Waals surface area contributed by atoms with Gasteiger partial charge in [0.05, 0.1) is 6.42 Å². The number of nitrogens with one attached hydrogen (secondary N) is 1. The van der Waals surface area contributed by atoms with Gasteiger partial charge in [0.2, 0.25) is 0 Å². The Morgan fingerprint density at radius 2 is 1.78 bits per heavy atom. The minimum Gasteiger partial charge on any atom is -0.314 e. The van der Waals surface area contributed by atoms with Gasteiger partial charge in [0.25, 0.3) is 0 Å². The van der Waals surface area contributed by atoms with Crippen LogP contribution in [0.15, 0.2) is 28.7 Å². The van der Waals surface area contributed by atoms with Gasteiger partial charge in [0.15, 0.2) is 0 Å². The number of hydrogen-bond acceptors (Lipinski definition) is 1. The van der Waals surface area contributed by atoms with E-state index in [4.69, 9.17) is 0 Å². The van der Waals surface area contributed by atoms with E-state index in [1.165, 1.54) is 5.56 Å². The van der Waals surface area contributed by atoms with Gasteiger partial charge in [-0.05, 0) is 36.5 Å². The second-order valence-electron chi connectivity index (χ2n) is 4.74. The Bertz CT molecular complexity index is 382. The third-order valence-corrected chi connectivity index (χ3v) is 3.85. The van der Waals surface area contributed by atoms with Crippen LogP contribution in [-0.4, -0.2) is 18.8 Å². The molecule has 0 amide bonds. The molecule has 0 atom stereocenters. The topological polar surface area (TPSA) is 12.0 Å². The molecule has 1 aromatic carbocycles. The zero-order valence-electron chi connectivity index (χ0n) is 9.80. The highest BCUT2D eigenvalue weighted by Gasteiger charge is 2.31. The maximum Gasteiger partial charge on any atom is 0.390 e. The number of rotatable bonds is 4.